The minimum Gasteiger partial charge on any atom is -0.497 e. The van der Waals surface area contributed by atoms with Crippen molar-refractivity contribution in [3.8, 4) is 11.4 Å². The van der Waals surface area contributed by atoms with E-state index in [4.69, 9.17) is 14.7 Å². The Morgan fingerprint density at radius 3 is 2.67 bits per heavy atom. The second-order valence-electron chi connectivity index (χ2n) is 6.66. The van der Waals surface area contributed by atoms with E-state index < -0.39 is 0 Å². The fourth-order valence-corrected chi connectivity index (χ4v) is 3.25. The van der Waals surface area contributed by atoms with Crippen molar-refractivity contribution < 1.29 is 9.84 Å². The molecule has 0 atom stereocenters. The minimum atomic E-state index is 0.0197. The molecule has 0 bridgehead atoms. The summed E-state index contributed by atoms with van der Waals surface area (Å²) in [6.45, 7) is 3.14. The van der Waals surface area contributed by atoms with Crippen LogP contribution in [0.2, 0.25) is 0 Å². The second-order valence-corrected chi connectivity index (χ2v) is 6.66. The Balaban J connectivity index is 1.86. The number of methoxy groups -OCH3 is 1. The topological polar surface area (TPSA) is 88.3 Å². The first-order valence-electron chi connectivity index (χ1n) is 9.81. The summed E-state index contributed by atoms with van der Waals surface area (Å²) in [6, 6.07) is 17.5. The minimum absolute atomic E-state index is 0.0197. The fraction of sp³-hybridized carbons (Fsp3) is 0.227. The van der Waals surface area contributed by atoms with Gasteiger partial charge in [0.05, 0.1) is 31.0 Å². The Labute approximate surface area is 174 Å². The summed E-state index contributed by atoms with van der Waals surface area (Å²) < 4.78 is 7.12. The number of benzene rings is 2. The molecule has 4 aromatic rings. The Hall–Kier alpha value is -3.65. The first-order valence-corrected chi connectivity index (χ1v) is 9.81. The van der Waals surface area contributed by atoms with Crippen LogP contribution in [0, 0.1) is 0 Å². The Morgan fingerprint density at radius 2 is 1.93 bits per heavy atom. The molecule has 0 radical (unpaired) electrons. The highest BCUT2D eigenvalue weighted by molar-refractivity contribution is 5.90. The molecule has 2 aromatic carbocycles. The summed E-state index contributed by atoms with van der Waals surface area (Å²) in [5, 5.41) is 18.2. The van der Waals surface area contributed by atoms with E-state index in [1.54, 1.807) is 18.0 Å². The van der Waals surface area contributed by atoms with Gasteiger partial charge in [0, 0.05) is 24.8 Å². The van der Waals surface area contributed by atoms with E-state index in [0.29, 0.717) is 30.5 Å². The molecule has 0 aliphatic rings. The molecule has 154 valence electrons. The van der Waals surface area contributed by atoms with E-state index in [2.05, 4.69) is 10.4 Å². The number of rotatable bonds is 8. The monoisotopic (exact) mass is 404 g/mol. The van der Waals surface area contributed by atoms with Gasteiger partial charge in [-0.1, -0.05) is 24.3 Å². The molecular formula is C22H24N6O2. The quantitative estimate of drug-likeness (QED) is 0.465. The summed E-state index contributed by atoms with van der Waals surface area (Å²) in [5.41, 5.74) is 2.45. The van der Waals surface area contributed by atoms with Crippen molar-refractivity contribution in [2.45, 2.75) is 6.92 Å². The number of likely N-dealkylation sites (N-methyl/N-ethyl adjacent to an activating group) is 1. The highest BCUT2D eigenvalue weighted by atomic mass is 16.5. The van der Waals surface area contributed by atoms with E-state index in [9.17, 15) is 5.11 Å². The van der Waals surface area contributed by atoms with Crippen molar-refractivity contribution in [1.29, 1.82) is 0 Å². The molecule has 2 N–H and O–H groups in total. The Kier molecular flexibility index (Phi) is 5.76. The fourth-order valence-electron chi connectivity index (χ4n) is 3.25. The van der Waals surface area contributed by atoms with Crippen LogP contribution in [0.15, 0.2) is 60.8 Å². The average Bonchev–Trinajstić information content (AvgIpc) is 3.22. The highest BCUT2D eigenvalue weighted by Gasteiger charge is 2.17. The standard InChI is InChI=1S/C22H24N6O2/c1-3-27(12-13-29)22-25-20(24-16-8-7-11-18(14-16)30-2)19-15-23-28(21(19)26-22)17-9-5-4-6-10-17/h4-11,14-15,29H,3,12-13H2,1-2H3,(H,24,25,26). The van der Waals surface area contributed by atoms with Gasteiger partial charge in [-0.25, -0.2) is 4.68 Å². The molecule has 2 aromatic heterocycles. The zero-order valence-electron chi connectivity index (χ0n) is 17.0. The second kappa shape index (κ2) is 8.79. The van der Waals surface area contributed by atoms with Crippen LogP contribution < -0.4 is 15.0 Å². The number of hydrogen-bond acceptors (Lipinski definition) is 7. The summed E-state index contributed by atoms with van der Waals surface area (Å²) in [5.74, 6) is 1.92. The van der Waals surface area contributed by atoms with Gasteiger partial charge < -0.3 is 20.1 Å². The van der Waals surface area contributed by atoms with E-state index >= 15 is 0 Å². The largest absolute Gasteiger partial charge is 0.497 e. The third kappa shape index (κ3) is 3.90. The van der Waals surface area contributed by atoms with Gasteiger partial charge in [0.2, 0.25) is 5.95 Å². The molecule has 0 saturated carbocycles. The normalized spacial score (nSPS) is 10.9. The lowest BCUT2D eigenvalue weighted by molar-refractivity contribution is 0.302. The van der Waals surface area contributed by atoms with Crippen LogP contribution in [0.5, 0.6) is 5.75 Å². The van der Waals surface area contributed by atoms with Crippen LogP contribution in [0.3, 0.4) is 0 Å². The smallest absolute Gasteiger partial charge is 0.229 e. The molecule has 0 unspecified atom stereocenters. The number of ether oxygens (including phenoxy) is 1. The molecule has 8 heteroatoms. The number of para-hydroxylation sites is 1. The number of aliphatic hydroxyl groups excluding tert-OH is 1. The van der Waals surface area contributed by atoms with Gasteiger partial charge >= 0.3 is 0 Å². The predicted molar refractivity (Wildman–Crippen MR) is 118 cm³/mol. The first kappa shape index (κ1) is 19.7. The molecule has 4 rings (SSSR count). The molecule has 0 aliphatic carbocycles. The third-order valence-electron chi connectivity index (χ3n) is 4.78. The number of aromatic nitrogens is 4. The molecule has 0 aliphatic heterocycles. The first-order chi connectivity index (χ1) is 14.7. The Morgan fingerprint density at radius 1 is 1.10 bits per heavy atom. The van der Waals surface area contributed by atoms with Gasteiger partial charge in [-0.05, 0) is 31.2 Å². The lowest BCUT2D eigenvalue weighted by atomic mass is 10.3. The van der Waals surface area contributed by atoms with Crippen LogP contribution in [0.4, 0.5) is 17.5 Å². The molecule has 8 nitrogen and oxygen atoms in total. The van der Waals surface area contributed by atoms with Gasteiger partial charge in [0.1, 0.15) is 11.6 Å². The molecular weight excluding hydrogens is 380 g/mol. The maximum atomic E-state index is 9.45. The zero-order chi connectivity index (χ0) is 20.9. The van der Waals surface area contributed by atoms with Crippen molar-refractivity contribution in [3.63, 3.8) is 0 Å². The van der Waals surface area contributed by atoms with Crippen LogP contribution in [0.25, 0.3) is 16.7 Å². The number of nitrogens with one attached hydrogen (secondary N) is 1. The number of anilines is 3. The van der Waals surface area contributed by atoms with Crippen LogP contribution in [-0.4, -0.2) is 51.7 Å². The number of hydrogen-bond donors (Lipinski definition) is 2. The lowest BCUT2D eigenvalue weighted by Crippen LogP contribution is -2.28. The van der Waals surface area contributed by atoms with Crippen molar-refractivity contribution >= 4 is 28.5 Å². The lowest BCUT2D eigenvalue weighted by Gasteiger charge is -2.20. The van der Waals surface area contributed by atoms with E-state index in [0.717, 1.165) is 22.5 Å². The molecule has 2 heterocycles. The van der Waals surface area contributed by atoms with Crippen molar-refractivity contribution in [2.24, 2.45) is 0 Å². The summed E-state index contributed by atoms with van der Waals surface area (Å²) in [6.07, 6.45) is 1.76. The average molecular weight is 404 g/mol. The van der Waals surface area contributed by atoms with E-state index in [1.165, 1.54) is 0 Å². The SMILES string of the molecule is CCN(CCO)c1nc(Nc2cccc(OC)c2)c2cnn(-c3ccccc3)c2n1. The van der Waals surface area contributed by atoms with E-state index in [-0.39, 0.29) is 6.61 Å². The number of fused-ring (bicyclic) bond motifs is 1. The molecule has 30 heavy (non-hydrogen) atoms. The summed E-state index contributed by atoms with van der Waals surface area (Å²) in [7, 11) is 1.64. The molecule has 0 amide bonds. The highest BCUT2D eigenvalue weighted by Crippen LogP contribution is 2.29. The van der Waals surface area contributed by atoms with Crippen molar-refractivity contribution in [3.05, 3.63) is 60.8 Å². The number of aliphatic hydroxyl groups is 1. The zero-order valence-corrected chi connectivity index (χ0v) is 17.0. The molecule has 0 saturated heterocycles. The van der Waals surface area contributed by atoms with Crippen LogP contribution >= 0.6 is 0 Å². The van der Waals surface area contributed by atoms with Gasteiger partial charge in [-0.15, -0.1) is 0 Å². The Bertz CT molecular complexity index is 1130. The van der Waals surface area contributed by atoms with Gasteiger partial charge in [0.25, 0.3) is 0 Å². The van der Waals surface area contributed by atoms with E-state index in [1.807, 2.05) is 66.4 Å². The predicted octanol–water partition coefficient (Wildman–Crippen LogP) is 3.39. The number of nitrogens with zero attached hydrogens (tertiary/aromatic N) is 5. The molecule has 0 fully saturated rings. The van der Waals surface area contributed by atoms with Gasteiger partial charge in [-0.3, -0.25) is 0 Å². The van der Waals surface area contributed by atoms with Crippen LogP contribution in [-0.2, 0) is 0 Å². The maximum absolute atomic E-state index is 9.45. The third-order valence-corrected chi connectivity index (χ3v) is 4.78. The summed E-state index contributed by atoms with van der Waals surface area (Å²) in [4.78, 5) is 11.5. The van der Waals surface area contributed by atoms with Gasteiger partial charge in [-0.2, -0.15) is 15.1 Å². The van der Waals surface area contributed by atoms with Crippen molar-refractivity contribution in [2.75, 3.05) is 37.0 Å². The van der Waals surface area contributed by atoms with Crippen LogP contribution in [0.1, 0.15) is 6.92 Å². The molecule has 0 spiro atoms. The van der Waals surface area contributed by atoms with Gasteiger partial charge in [0.15, 0.2) is 5.65 Å². The maximum Gasteiger partial charge on any atom is 0.229 e. The summed E-state index contributed by atoms with van der Waals surface area (Å²) >= 11 is 0. The van der Waals surface area contributed by atoms with Crippen molar-refractivity contribution in [1.82, 2.24) is 19.7 Å².